The van der Waals surface area contributed by atoms with Crippen LogP contribution in [0.1, 0.15) is 27.3 Å². The third-order valence-electron chi connectivity index (χ3n) is 4.61. The molecule has 3 aromatic rings. The van der Waals surface area contributed by atoms with E-state index >= 15 is 0 Å². The summed E-state index contributed by atoms with van der Waals surface area (Å²) in [5, 5.41) is 4.46. The molecule has 3 rings (SSSR count). The minimum absolute atomic E-state index is 0.202. The fourth-order valence-corrected chi connectivity index (χ4v) is 3.28. The number of methoxy groups -OCH3 is 1. The first-order valence-electron chi connectivity index (χ1n) is 9.47. The lowest BCUT2D eigenvalue weighted by Crippen LogP contribution is -2.24. The van der Waals surface area contributed by atoms with Crippen molar-refractivity contribution in [3.63, 3.8) is 0 Å². The molecule has 0 fully saturated rings. The largest absolute Gasteiger partial charge is 0.482 e. The van der Waals surface area contributed by atoms with Gasteiger partial charge in [-0.25, -0.2) is 10.2 Å². The number of aromatic nitrogens is 1. The number of aryl methyl sites for hydroxylation is 1. The van der Waals surface area contributed by atoms with E-state index in [1.165, 1.54) is 7.11 Å². The second kappa shape index (κ2) is 9.95. The number of hydrogen-bond donors (Lipinski definition) is 1. The average molecular weight is 440 g/mol. The van der Waals surface area contributed by atoms with E-state index in [0.717, 1.165) is 22.6 Å². The summed E-state index contributed by atoms with van der Waals surface area (Å²) in [6.07, 6.45) is 1.58. The van der Waals surface area contributed by atoms with Gasteiger partial charge < -0.3 is 14.0 Å². The highest BCUT2D eigenvalue weighted by molar-refractivity contribution is 6.32. The summed E-state index contributed by atoms with van der Waals surface area (Å²) in [4.78, 5) is 23.6. The van der Waals surface area contributed by atoms with Crippen molar-refractivity contribution in [3.05, 3.63) is 82.1 Å². The number of esters is 1. The molecule has 0 aliphatic heterocycles. The Kier molecular flexibility index (Phi) is 7.10. The molecule has 0 spiro atoms. The number of hydrazone groups is 1. The number of halogens is 1. The molecule has 31 heavy (non-hydrogen) atoms. The van der Waals surface area contributed by atoms with Gasteiger partial charge in [0.05, 0.1) is 23.9 Å². The minimum Gasteiger partial charge on any atom is -0.482 e. The number of nitrogens with one attached hydrogen (secondary N) is 1. The zero-order valence-electron chi connectivity index (χ0n) is 17.4. The molecule has 0 radical (unpaired) electrons. The van der Waals surface area contributed by atoms with Gasteiger partial charge in [-0.05, 0) is 56.3 Å². The number of para-hydroxylation sites is 1. The zero-order chi connectivity index (χ0) is 22.4. The smallest absolute Gasteiger partial charge is 0.337 e. The number of rotatable bonds is 7. The first-order valence-corrected chi connectivity index (χ1v) is 9.85. The van der Waals surface area contributed by atoms with Gasteiger partial charge in [-0.1, -0.05) is 23.7 Å². The molecule has 0 bridgehead atoms. The minimum atomic E-state index is -0.400. The SMILES string of the molecule is COC(=O)c1ccc(-n2c(C)cc(/C=N\NC(=O)COc3ccccc3Cl)c2C)cc1. The Morgan fingerprint density at radius 2 is 1.84 bits per heavy atom. The number of benzene rings is 2. The van der Waals surface area contributed by atoms with Gasteiger partial charge in [0.2, 0.25) is 0 Å². The molecular formula is C23H22ClN3O4. The second-order valence-electron chi connectivity index (χ2n) is 6.71. The van der Waals surface area contributed by atoms with Crippen LogP contribution < -0.4 is 10.2 Å². The summed E-state index contributed by atoms with van der Waals surface area (Å²) in [5.74, 6) is -0.344. The highest BCUT2D eigenvalue weighted by atomic mass is 35.5. The van der Waals surface area contributed by atoms with Crippen LogP contribution >= 0.6 is 11.6 Å². The van der Waals surface area contributed by atoms with Crippen molar-refractivity contribution in [2.24, 2.45) is 5.10 Å². The summed E-state index contributed by atoms with van der Waals surface area (Å²) in [5.41, 5.74) is 6.60. The Bertz CT molecular complexity index is 1120. The van der Waals surface area contributed by atoms with Gasteiger partial charge >= 0.3 is 5.97 Å². The molecule has 0 aliphatic carbocycles. The number of carbonyl (C=O) groups excluding carboxylic acids is 2. The molecule has 1 heterocycles. The Labute approximate surface area is 185 Å². The van der Waals surface area contributed by atoms with Crippen LogP contribution in [0, 0.1) is 13.8 Å². The van der Waals surface area contributed by atoms with Crippen molar-refractivity contribution < 1.29 is 19.1 Å². The predicted octanol–water partition coefficient (Wildman–Crippen LogP) is 4.06. The molecule has 0 saturated carbocycles. The van der Waals surface area contributed by atoms with E-state index in [9.17, 15) is 9.59 Å². The lowest BCUT2D eigenvalue weighted by Gasteiger charge is -2.10. The van der Waals surface area contributed by atoms with Crippen LogP contribution in [0.15, 0.2) is 59.7 Å². The van der Waals surface area contributed by atoms with Crippen molar-refractivity contribution in [1.82, 2.24) is 9.99 Å². The van der Waals surface area contributed by atoms with Gasteiger partial charge in [0, 0.05) is 22.6 Å². The van der Waals surface area contributed by atoms with Crippen molar-refractivity contribution in [2.75, 3.05) is 13.7 Å². The van der Waals surface area contributed by atoms with Crippen LogP contribution in [0.5, 0.6) is 5.75 Å². The van der Waals surface area contributed by atoms with E-state index < -0.39 is 5.91 Å². The second-order valence-corrected chi connectivity index (χ2v) is 7.12. The molecule has 160 valence electrons. The van der Waals surface area contributed by atoms with E-state index in [1.54, 1.807) is 42.6 Å². The monoisotopic (exact) mass is 439 g/mol. The number of hydrogen-bond acceptors (Lipinski definition) is 5. The molecule has 1 amide bonds. The van der Waals surface area contributed by atoms with Gasteiger partial charge in [0.25, 0.3) is 5.91 Å². The first kappa shape index (κ1) is 22.1. The summed E-state index contributed by atoms with van der Waals surface area (Å²) >= 11 is 6.00. The van der Waals surface area contributed by atoms with Crippen LogP contribution in [0.2, 0.25) is 5.02 Å². The molecule has 0 aliphatic rings. The van der Waals surface area contributed by atoms with Gasteiger partial charge in [-0.3, -0.25) is 4.79 Å². The van der Waals surface area contributed by atoms with Gasteiger partial charge in [0.1, 0.15) is 5.75 Å². The predicted molar refractivity (Wildman–Crippen MR) is 119 cm³/mol. The maximum atomic E-state index is 12.0. The normalized spacial score (nSPS) is 10.8. The van der Waals surface area contributed by atoms with Crippen molar-refractivity contribution in [3.8, 4) is 11.4 Å². The third-order valence-corrected chi connectivity index (χ3v) is 4.92. The maximum Gasteiger partial charge on any atom is 0.337 e. The molecule has 1 aromatic heterocycles. The molecule has 0 unspecified atom stereocenters. The molecular weight excluding hydrogens is 418 g/mol. The van der Waals surface area contributed by atoms with E-state index in [-0.39, 0.29) is 12.6 Å². The molecule has 8 heteroatoms. The molecule has 0 atom stereocenters. The lowest BCUT2D eigenvalue weighted by atomic mass is 10.2. The summed E-state index contributed by atoms with van der Waals surface area (Å²) in [6.45, 7) is 3.71. The van der Waals surface area contributed by atoms with Gasteiger partial charge in [0.15, 0.2) is 6.61 Å². The van der Waals surface area contributed by atoms with Crippen LogP contribution in [-0.4, -0.2) is 36.4 Å². The molecule has 1 N–H and O–H groups in total. The standard InChI is InChI=1S/C23H22ClN3O4/c1-15-12-18(13-25-26-22(28)14-31-21-7-5-4-6-20(21)24)16(2)27(15)19-10-8-17(9-11-19)23(29)30-3/h4-13H,14H2,1-3H3,(H,26,28)/b25-13-. The van der Waals surface area contributed by atoms with Crippen molar-refractivity contribution in [2.45, 2.75) is 13.8 Å². The molecule has 7 nitrogen and oxygen atoms in total. The van der Waals surface area contributed by atoms with Crippen LogP contribution in [0.25, 0.3) is 5.69 Å². The quantitative estimate of drug-likeness (QED) is 0.342. The molecule has 2 aromatic carbocycles. The van der Waals surface area contributed by atoms with Gasteiger partial charge in [-0.15, -0.1) is 0 Å². The number of ether oxygens (including phenoxy) is 2. The Morgan fingerprint density at radius 3 is 2.52 bits per heavy atom. The summed E-state index contributed by atoms with van der Waals surface area (Å²) in [6, 6.07) is 16.0. The number of nitrogens with zero attached hydrogens (tertiary/aromatic N) is 2. The Morgan fingerprint density at radius 1 is 1.13 bits per heavy atom. The summed E-state index contributed by atoms with van der Waals surface area (Å²) in [7, 11) is 1.35. The summed E-state index contributed by atoms with van der Waals surface area (Å²) < 4.78 is 12.2. The van der Waals surface area contributed by atoms with Crippen molar-refractivity contribution >= 4 is 29.7 Å². The van der Waals surface area contributed by atoms with Crippen LogP contribution in [0.4, 0.5) is 0 Å². The van der Waals surface area contributed by atoms with Crippen LogP contribution in [0.3, 0.4) is 0 Å². The van der Waals surface area contributed by atoms with E-state index in [2.05, 4.69) is 10.5 Å². The van der Waals surface area contributed by atoms with E-state index in [4.69, 9.17) is 21.1 Å². The molecule has 0 saturated heterocycles. The Hall–Kier alpha value is -3.58. The van der Waals surface area contributed by atoms with E-state index in [1.807, 2.05) is 36.6 Å². The average Bonchev–Trinajstić information content (AvgIpc) is 3.05. The highest BCUT2D eigenvalue weighted by Crippen LogP contribution is 2.23. The fourth-order valence-electron chi connectivity index (χ4n) is 3.09. The highest BCUT2D eigenvalue weighted by Gasteiger charge is 2.11. The number of amides is 1. The Balaban J connectivity index is 1.65. The van der Waals surface area contributed by atoms with Gasteiger partial charge in [-0.2, -0.15) is 5.10 Å². The number of carbonyl (C=O) groups is 2. The van der Waals surface area contributed by atoms with Crippen LogP contribution in [-0.2, 0) is 9.53 Å². The van der Waals surface area contributed by atoms with Crippen molar-refractivity contribution in [1.29, 1.82) is 0 Å². The fraction of sp³-hybridized carbons (Fsp3) is 0.174. The third kappa shape index (κ3) is 5.32. The first-order chi connectivity index (χ1) is 14.9. The zero-order valence-corrected chi connectivity index (χ0v) is 18.1. The lowest BCUT2D eigenvalue weighted by molar-refractivity contribution is -0.123. The van der Waals surface area contributed by atoms with E-state index in [0.29, 0.717) is 16.3 Å². The maximum absolute atomic E-state index is 12.0. The topological polar surface area (TPSA) is 81.9 Å².